The molecule has 0 aliphatic carbocycles. The molecule has 0 saturated carbocycles. The Balaban J connectivity index is 1.63. The van der Waals surface area contributed by atoms with Crippen LogP contribution < -0.4 is 10.9 Å². The Hall–Kier alpha value is -4.48. The molecule has 0 spiro atoms. The van der Waals surface area contributed by atoms with Crippen molar-refractivity contribution in [1.82, 2.24) is 10.9 Å². The first-order valence-corrected chi connectivity index (χ1v) is 9.99. The summed E-state index contributed by atoms with van der Waals surface area (Å²) in [5.41, 5.74) is 4.96. The molecular formula is C21H22N6O6. The number of hydrogen-bond acceptors (Lipinski definition) is 8. The Bertz CT molecular complexity index is 985. The van der Waals surface area contributed by atoms with E-state index in [1.807, 2.05) is 0 Å². The van der Waals surface area contributed by atoms with Gasteiger partial charge in [-0.05, 0) is 25.0 Å². The first-order valence-electron chi connectivity index (χ1n) is 9.99. The van der Waals surface area contributed by atoms with E-state index in [-0.39, 0.29) is 47.2 Å². The summed E-state index contributed by atoms with van der Waals surface area (Å²) in [5, 5.41) is 29.3. The van der Waals surface area contributed by atoms with E-state index < -0.39 is 9.85 Å². The molecule has 2 rings (SSSR count). The number of hydrazone groups is 2. The van der Waals surface area contributed by atoms with Crippen LogP contribution in [0.5, 0.6) is 0 Å². The number of para-hydroxylation sites is 2. The van der Waals surface area contributed by atoms with Gasteiger partial charge in [0.15, 0.2) is 0 Å². The average Bonchev–Trinajstić information content (AvgIpc) is 2.79. The van der Waals surface area contributed by atoms with E-state index in [1.165, 1.54) is 48.8 Å². The molecule has 2 aromatic carbocycles. The highest BCUT2D eigenvalue weighted by Gasteiger charge is 2.11. The number of benzene rings is 2. The molecule has 2 aromatic rings. The highest BCUT2D eigenvalue weighted by atomic mass is 16.6. The molecule has 172 valence electrons. The van der Waals surface area contributed by atoms with Crippen molar-refractivity contribution < 1.29 is 19.4 Å². The highest BCUT2D eigenvalue weighted by Crippen LogP contribution is 2.16. The van der Waals surface area contributed by atoms with Gasteiger partial charge in [-0.15, -0.1) is 0 Å². The van der Waals surface area contributed by atoms with Gasteiger partial charge in [-0.3, -0.25) is 29.8 Å². The van der Waals surface area contributed by atoms with Gasteiger partial charge in [-0.25, -0.2) is 10.9 Å². The summed E-state index contributed by atoms with van der Waals surface area (Å²) < 4.78 is 0. The molecule has 12 nitrogen and oxygen atoms in total. The number of rotatable bonds is 12. The third-order valence-corrected chi connectivity index (χ3v) is 4.36. The van der Waals surface area contributed by atoms with Gasteiger partial charge < -0.3 is 0 Å². The summed E-state index contributed by atoms with van der Waals surface area (Å²) in [6.07, 6.45) is 4.47. The second-order valence-corrected chi connectivity index (χ2v) is 6.78. The Morgan fingerprint density at radius 2 is 1.12 bits per heavy atom. The van der Waals surface area contributed by atoms with E-state index in [1.54, 1.807) is 12.1 Å². The lowest BCUT2D eigenvalue weighted by Gasteiger charge is -2.02. The van der Waals surface area contributed by atoms with Gasteiger partial charge in [0.05, 0.1) is 33.4 Å². The quantitative estimate of drug-likeness (QED) is 0.216. The zero-order valence-corrected chi connectivity index (χ0v) is 17.5. The highest BCUT2D eigenvalue weighted by molar-refractivity contribution is 5.87. The van der Waals surface area contributed by atoms with Crippen LogP contribution in [0.2, 0.25) is 0 Å². The van der Waals surface area contributed by atoms with Crippen molar-refractivity contribution in [3.63, 3.8) is 0 Å². The van der Waals surface area contributed by atoms with Crippen LogP contribution in [-0.2, 0) is 9.59 Å². The van der Waals surface area contributed by atoms with Gasteiger partial charge in [0.25, 0.3) is 11.4 Å². The number of hydrogen-bond donors (Lipinski definition) is 2. The molecule has 2 N–H and O–H groups in total. The zero-order chi connectivity index (χ0) is 24.1. The van der Waals surface area contributed by atoms with Gasteiger partial charge in [0, 0.05) is 25.0 Å². The SMILES string of the molecule is O=C(CCCCCC(=O)N/N=C/c1ccccc1[N+](=O)[O-])N/N=C/c1ccccc1[N+](=O)[O-]. The number of carbonyl (C=O) groups excluding carboxylic acids is 2. The smallest absolute Gasteiger partial charge is 0.273 e. The van der Waals surface area contributed by atoms with Crippen LogP contribution in [0.3, 0.4) is 0 Å². The minimum Gasteiger partial charge on any atom is -0.273 e. The first kappa shape index (κ1) is 24.8. The summed E-state index contributed by atoms with van der Waals surface area (Å²) >= 11 is 0. The Morgan fingerprint density at radius 1 is 0.727 bits per heavy atom. The maximum atomic E-state index is 11.8. The molecule has 33 heavy (non-hydrogen) atoms. The molecule has 0 saturated heterocycles. The fraction of sp³-hybridized carbons (Fsp3) is 0.238. The number of amides is 2. The standard InChI is InChI=1S/C21H22N6O6/c28-20(24-22-14-16-8-4-6-10-18(16)26(30)31)12-2-1-3-13-21(29)25-23-15-17-9-5-7-11-19(17)27(32)33/h4-11,14-15H,1-3,12-13H2,(H,24,28)(H,25,29)/b22-14+,23-15+. The number of nitrogens with one attached hydrogen (secondary N) is 2. The second kappa shape index (κ2) is 13.0. The molecule has 0 unspecified atom stereocenters. The van der Waals surface area contributed by atoms with E-state index in [0.717, 1.165) is 0 Å². The summed E-state index contributed by atoms with van der Waals surface area (Å²) in [5.74, 6) is -0.688. The Kier molecular flexibility index (Phi) is 9.80. The zero-order valence-electron chi connectivity index (χ0n) is 17.5. The molecule has 0 aromatic heterocycles. The topological polar surface area (TPSA) is 169 Å². The molecule has 0 bridgehead atoms. The molecule has 0 atom stereocenters. The molecule has 12 heteroatoms. The lowest BCUT2D eigenvalue weighted by atomic mass is 10.1. The predicted octanol–water partition coefficient (Wildman–Crippen LogP) is 3.05. The van der Waals surface area contributed by atoms with Crippen LogP contribution in [0.15, 0.2) is 58.7 Å². The third kappa shape index (κ3) is 8.65. The van der Waals surface area contributed by atoms with E-state index in [4.69, 9.17) is 0 Å². The first-order chi connectivity index (χ1) is 15.9. The number of nitro benzene ring substituents is 2. The van der Waals surface area contributed by atoms with Crippen molar-refractivity contribution >= 4 is 35.6 Å². The Labute approximate surface area is 188 Å². The van der Waals surface area contributed by atoms with Gasteiger partial charge in [0.1, 0.15) is 0 Å². The minimum atomic E-state index is -0.532. The van der Waals surface area contributed by atoms with Crippen molar-refractivity contribution in [3.8, 4) is 0 Å². The van der Waals surface area contributed by atoms with Crippen LogP contribution in [-0.4, -0.2) is 34.1 Å². The maximum Gasteiger partial charge on any atom is 0.278 e. The molecule has 0 radical (unpaired) electrons. The van der Waals surface area contributed by atoms with Crippen molar-refractivity contribution in [2.75, 3.05) is 0 Å². The number of carbonyl (C=O) groups is 2. The molecule has 0 fully saturated rings. The summed E-state index contributed by atoms with van der Waals surface area (Å²) in [7, 11) is 0. The van der Waals surface area contributed by atoms with Crippen molar-refractivity contribution in [1.29, 1.82) is 0 Å². The van der Waals surface area contributed by atoms with Crippen LogP contribution in [0.4, 0.5) is 11.4 Å². The van der Waals surface area contributed by atoms with Crippen molar-refractivity contribution in [2.24, 2.45) is 10.2 Å². The lowest BCUT2D eigenvalue weighted by molar-refractivity contribution is -0.385. The normalized spacial score (nSPS) is 10.9. The largest absolute Gasteiger partial charge is 0.278 e. The van der Waals surface area contributed by atoms with E-state index >= 15 is 0 Å². The summed E-state index contributed by atoms with van der Waals surface area (Å²) in [6.45, 7) is 0. The van der Waals surface area contributed by atoms with E-state index in [0.29, 0.717) is 19.3 Å². The number of unbranched alkanes of at least 4 members (excludes halogenated alkanes) is 2. The fourth-order valence-corrected chi connectivity index (χ4v) is 2.73. The molecule has 2 amide bonds. The number of nitro groups is 2. The maximum absolute atomic E-state index is 11.8. The summed E-state index contributed by atoms with van der Waals surface area (Å²) in [4.78, 5) is 44.4. The van der Waals surface area contributed by atoms with Crippen LogP contribution in [0, 0.1) is 20.2 Å². The van der Waals surface area contributed by atoms with Crippen molar-refractivity contribution in [3.05, 3.63) is 79.9 Å². The molecule has 0 heterocycles. The minimum absolute atomic E-state index is 0.111. The van der Waals surface area contributed by atoms with Gasteiger partial charge >= 0.3 is 0 Å². The van der Waals surface area contributed by atoms with E-state index in [9.17, 15) is 29.8 Å². The Morgan fingerprint density at radius 3 is 1.52 bits per heavy atom. The molecule has 0 aliphatic heterocycles. The predicted molar refractivity (Wildman–Crippen MR) is 121 cm³/mol. The monoisotopic (exact) mass is 454 g/mol. The molecule has 0 aliphatic rings. The fourth-order valence-electron chi connectivity index (χ4n) is 2.73. The van der Waals surface area contributed by atoms with Crippen LogP contribution in [0.1, 0.15) is 43.2 Å². The summed E-state index contributed by atoms with van der Waals surface area (Å²) in [6, 6.07) is 12.1. The number of nitrogens with zero attached hydrogens (tertiary/aromatic N) is 4. The third-order valence-electron chi connectivity index (χ3n) is 4.36. The molecular weight excluding hydrogens is 432 g/mol. The van der Waals surface area contributed by atoms with Gasteiger partial charge in [-0.1, -0.05) is 30.7 Å². The average molecular weight is 454 g/mol. The second-order valence-electron chi connectivity index (χ2n) is 6.78. The van der Waals surface area contributed by atoms with Gasteiger partial charge in [0.2, 0.25) is 11.8 Å². The van der Waals surface area contributed by atoms with Crippen LogP contribution >= 0.6 is 0 Å². The van der Waals surface area contributed by atoms with Crippen LogP contribution in [0.25, 0.3) is 0 Å². The van der Waals surface area contributed by atoms with E-state index in [2.05, 4.69) is 21.1 Å². The van der Waals surface area contributed by atoms with Crippen molar-refractivity contribution in [2.45, 2.75) is 32.1 Å². The lowest BCUT2D eigenvalue weighted by Crippen LogP contribution is -2.18. The van der Waals surface area contributed by atoms with Gasteiger partial charge in [-0.2, -0.15) is 10.2 Å².